The Morgan fingerprint density at radius 3 is 2.52 bits per heavy atom. The van der Waals surface area contributed by atoms with E-state index in [-0.39, 0.29) is 5.91 Å². The molecule has 2 aromatic heterocycles. The predicted octanol–water partition coefficient (Wildman–Crippen LogP) is 2.14. The zero-order chi connectivity index (χ0) is 20.0. The summed E-state index contributed by atoms with van der Waals surface area (Å²) in [6.45, 7) is 0. The Labute approximate surface area is 164 Å². The first-order chi connectivity index (χ1) is 14.1. The Morgan fingerprint density at radius 2 is 1.72 bits per heavy atom. The van der Waals surface area contributed by atoms with Gasteiger partial charge in [0.1, 0.15) is 0 Å². The number of fused-ring (bicyclic) bond motifs is 2. The summed E-state index contributed by atoms with van der Waals surface area (Å²) in [7, 11) is 0. The maximum Gasteiger partial charge on any atom is 0.314 e. The van der Waals surface area contributed by atoms with Gasteiger partial charge in [0.05, 0.1) is 16.7 Å². The smallest absolute Gasteiger partial charge is 0.314 e. The quantitative estimate of drug-likeness (QED) is 0.468. The molecule has 4 aromatic rings. The molecular formula is C21H17N5O3. The molecular weight excluding hydrogens is 370 g/mol. The molecule has 0 saturated heterocycles. The van der Waals surface area contributed by atoms with Crippen LogP contribution in [0.5, 0.6) is 0 Å². The first kappa shape index (κ1) is 17.2. The third kappa shape index (κ3) is 2.94. The Morgan fingerprint density at radius 1 is 0.966 bits per heavy atom. The van der Waals surface area contributed by atoms with E-state index in [0.29, 0.717) is 22.4 Å². The van der Waals surface area contributed by atoms with Crippen LogP contribution in [0.3, 0.4) is 0 Å². The number of anilines is 1. The lowest BCUT2D eigenvalue weighted by Crippen LogP contribution is -2.28. The number of amides is 1. The molecule has 144 valence electrons. The van der Waals surface area contributed by atoms with Crippen LogP contribution < -0.4 is 16.4 Å². The van der Waals surface area contributed by atoms with Gasteiger partial charge in [-0.1, -0.05) is 18.2 Å². The highest BCUT2D eigenvalue weighted by Crippen LogP contribution is 2.28. The van der Waals surface area contributed by atoms with Crippen LogP contribution in [-0.2, 0) is 12.8 Å². The molecule has 5 rings (SSSR count). The van der Waals surface area contributed by atoms with E-state index in [4.69, 9.17) is 0 Å². The van der Waals surface area contributed by atoms with E-state index in [1.165, 1.54) is 0 Å². The first-order valence-electron chi connectivity index (χ1n) is 9.34. The largest absolute Gasteiger partial charge is 0.321 e. The number of nitrogens with one attached hydrogen (secondary N) is 3. The second-order valence-corrected chi connectivity index (χ2v) is 7.00. The van der Waals surface area contributed by atoms with Crippen molar-refractivity contribution in [2.24, 2.45) is 0 Å². The molecule has 0 aliphatic heterocycles. The summed E-state index contributed by atoms with van der Waals surface area (Å²) < 4.78 is 1.85. The fourth-order valence-corrected chi connectivity index (χ4v) is 3.79. The maximum atomic E-state index is 13.0. The number of benzene rings is 2. The fraction of sp³-hybridized carbons (Fsp3) is 0.143. The van der Waals surface area contributed by atoms with Gasteiger partial charge in [0.2, 0.25) is 0 Å². The van der Waals surface area contributed by atoms with E-state index in [9.17, 15) is 14.4 Å². The molecule has 1 aliphatic rings. The number of aromatic amines is 2. The number of nitrogens with zero attached hydrogens (tertiary/aromatic N) is 2. The van der Waals surface area contributed by atoms with E-state index >= 15 is 0 Å². The van der Waals surface area contributed by atoms with E-state index in [0.717, 1.165) is 36.2 Å². The number of carbonyl (C=O) groups excluding carboxylic acids is 1. The van der Waals surface area contributed by atoms with Crippen molar-refractivity contribution in [2.45, 2.75) is 19.3 Å². The summed E-state index contributed by atoms with van der Waals surface area (Å²) in [4.78, 5) is 40.9. The predicted molar refractivity (Wildman–Crippen MR) is 109 cm³/mol. The molecule has 3 N–H and O–H groups in total. The van der Waals surface area contributed by atoms with Gasteiger partial charge in [0, 0.05) is 16.9 Å². The summed E-state index contributed by atoms with van der Waals surface area (Å²) >= 11 is 0. The molecule has 2 heterocycles. The molecule has 2 aromatic carbocycles. The van der Waals surface area contributed by atoms with Crippen molar-refractivity contribution < 1.29 is 4.79 Å². The van der Waals surface area contributed by atoms with Crippen LogP contribution in [0.4, 0.5) is 5.69 Å². The molecule has 0 saturated carbocycles. The molecule has 1 aliphatic carbocycles. The van der Waals surface area contributed by atoms with Crippen LogP contribution in [0.15, 0.2) is 58.1 Å². The minimum atomic E-state index is -0.736. The highest BCUT2D eigenvalue weighted by atomic mass is 16.2. The van der Waals surface area contributed by atoms with Gasteiger partial charge in [0.15, 0.2) is 5.69 Å². The van der Waals surface area contributed by atoms with Crippen LogP contribution in [0.25, 0.3) is 16.7 Å². The molecule has 0 atom stereocenters. The molecule has 8 heteroatoms. The minimum Gasteiger partial charge on any atom is -0.321 e. The summed E-state index contributed by atoms with van der Waals surface area (Å²) in [5.74, 6) is -0.302. The Hall–Kier alpha value is -3.94. The molecule has 8 nitrogen and oxygen atoms in total. The summed E-state index contributed by atoms with van der Waals surface area (Å²) in [6, 6.07) is 14.7. The van der Waals surface area contributed by atoms with Gasteiger partial charge < -0.3 is 15.3 Å². The molecule has 29 heavy (non-hydrogen) atoms. The highest BCUT2D eigenvalue weighted by Gasteiger charge is 2.27. The van der Waals surface area contributed by atoms with Gasteiger partial charge in [-0.3, -0.25) is 14.4 Å². The normalized spacial score (nSPS) is 12.8. The number of aromatic nitrogens is 4. The van der Waals surface area contributed by atoms with Crippen molar-refractivity contribution in [2.75, 3.05) is 5.32 Å². The fourth-order valence-electron chi connectivity index (χ4n) is 3.79. The van der Waals surface area contributed by atoms with E-state index in [2.05, 4.69) is 20.4 Å². The lowest BCUT2D eigenvalue weighted by molar-refractivity contribution is 0.102. The molecule has 0 bridgehead atoms. The second kappa shape index (κ2) is 6.59. The number of hydrogen-bond donors (Lipinski definition) is 3. The van der Waals surface area contributed by atoms with Gasteiger partial charge in [-0.05, 0) is 49.6 Å². The summed E-state index contributed by atoms with van der Waals surface area (Å²) in [5, 5.41) is 7.44. The molecule has 0 fully saturated rings. The van der Waals surface area contributed by atoms with Gasteiger partial charge in [-0.2, -0.15) is 5.10 Å². The van der Waals surface area contributed by atoms with Gasteiger partial charge in [0.25, 0.3) is 5.91 Å². The molecule has 0 radical (unpaired) electrons. The van der Waals surface area contributed by atoms with Crippen LogP contribution in [0, 0.1) is 0 Å². The number of carbonyl (C=O) groups is 1. The Bertz CT molecular complexity index is 1360. The van der Waals surface area contributed by atoms with Crippen LogP contribution in [0.1, 0.15) is 28.2 Å². The van der Waals surface area contributed by atoms with Crippen molar-refractivity contribution in [3.05, 3.63) is 86.2 Å². The van der Waals surface area contributed by atoms with Gasteiger partial charge >= 0.3 is 11.1 Å². The first-order valence-corrected chi connectivity index (χ1v) is 9.34. The van der Waals surface area contributed by atoms with Crippen LogP contribution >= 0.6 is 0 Å². The highest BCUT2D eigenvalue weighted by molar-refractivity contribution is 6.04. The number of rotatable bonds is 3. The molecule has 1 amide bonds. The van der Waals surface area contributed by atoms with Crippen LogP contribution in [-0.4, -0.2) is 25.7 Å². The topological polar surface area (TPSA) is 113 Å². The number of H-pyrrole nitrogens is 2. The average Bonchev–Trinajstić information content (AvgIpc) is 3.32. The van der Waals surface area contributed by atoms with Crippen molar-refractivity contribution >= 4 is 22.6 Å². The van der Waals surface area contributed by atoms with Crippen molar-refractivity contribution in [3.8, 4) is 5.69 Å². The zero-order valence-electron chi connectivity index (χ0n) is 15.4. The van der Waals surface area contributed by atoms with Crippen molar-refractivity contribution in [3.63, 3.8) is 0 Å². The van der Waals surface area contributed by atoms with Crippen molar-refractivity contribution in [1.29, 1.82) is 0 Å². The monoisotopic (exact) mass is 387 g/mol. The van der Waals surface area contributed by atoms with Crippen LogP contribution in [0.2, 0.25) is 0 Å². The number of hydrogen-bond acceptors (Lipinski definition) is 4. The van der Waals surface area contributed by atoms with Gasteiger partial charge in [-0.15, -0.1) is 0 Å². The van der Waals surface area contributed by atoms with E-state index < -0.39 is 11.1 Å². The third-order valence-electron chi connectivity index (χ3n) is 5.13. The lowest BCUT2D eigenvalue weighted by Gasteiger charge is -2.06. The minimum absolute atomic E-state index is 0.302. The SMILES string of the molecule is O=C(Nc1ccc2[nH]c(=O)c(=O)[nH]c2c1)c1nn(-c2ccccc2)c2c1CCC2. The Balaban J connectivity index is 1.50. The lowest BCUT2D eigenvalue weighted by atomic mass is 10.2. The molecule has 0 spiro atoms. The maximum absolute atomic E-state index is 13.0. The zero-order valence-corrected chi connectivity index (χ0v) is 15.4. The second-order valence-electron chi connectivity index (χ2n) is 7.00. The Kier molecular flexibility index (Phi) is 3.90. The van der Waals surface area contributed by atoms with Crippen molar-refractivity contribution in [1.82, 2.24) is 19.7 Å². The van der Waals surface area contributed by atoms with E-state index in [1.54, 1.807) is 18.2 Å². The van der Waals surface area contributed by atoms with Gasteiger partial charge in [-0.25, -0.2) is 4.68 Å². The summed E-state index contributed by atoms with van der Waals surface area (Å²) in [5.41, 5.74) is 3.37. The average molecular weight is 387 g/mol. The molecule has 0 unspecified atom stereocenters. The third-order valence-corrected chi connectivity index (χ3v) is 5.13. The van der Waals surface area contributed by atoms with E-state index in [1.807, 2.05) is 35.0 Å². The summed E-state index contributed by atoms with van der Waals surface area (Å²) in [6.07, 6.45) is 2.69. The number of para-hydroxylation sites is 1. The standard InChI is InChI=1S/C21H17N5O3/c27-19(22-12-9-10-15-16(11-12)24-21(29)20(28)23-15)18-14-7-4-8-17(14)26(25-18)13-5-2-1-3-6-13/h1-3,5-6,9-11H,4,7-8H2,(H,22,27)(H,23,28)(H,24,29).